The summed E-state index contributed by atoms with van der Waals surface area (Å²) in [4.78, 5) is 9.31. The van der Waals surface area contributed by atoms with Gasteiger partial charge in [-0.3, -0.25) is 4.98 Å². The Labute approximate surface area is 104 Å². The zero-order chi connectivity index (χ0) is 12.3. The average Bonchev–Trinajstić information content (AvgIpc) is 2.39. The molecule has 2 rings (SSSR count). The highest BCUT2D eigenvalue weighted by Crippen LogP contribution is 2.21. The quantitative estimate of drug-likeness (QED) is 0.799. The van der Waals surface area contributed by atoms with Crippen molar-refractivity contribution in [2.45, 2.75) is 26.7 Å². The van der Waals surface area contributed by atoms with Crippen molar-refractivity contribution in [3.63, 3.8) is 0 Å². The van der Waals surface area contributed by atoms with Gasteiger partial charge in [0.05, 0.1) is 11.9 Å². The topological polar surface area (TPSA) is 19.4 Å². The maximum absolute atomic E-state index is 4.36. The molecule has 1 aromatic rings. The lowest BCUT2D eigenvalue weighted by Gasteiger charge is -2.35. The third-order valence-electron chi connectivity index (χ3n) is 3.60. The van der Waals surface area contributed by atoms with E-state index in [1.54, 1.807) is 0 Å². The van der Waals surface area contributed by atoms with E-state index in [1.807, 2.05) is 12.4 Å². The summed E-state index contributed by atoms with van der Waals surface area (Å²) in [6.45, 7) is 12.4. The average molecular weight is 233 g/mol. The molecule has 0 aliphatic carbocycles. The van der Waals surface area contributed by atoms with Crippen molar-refractivity contribution in [1.29, 1.82) is 0 Å². The summed E-state index contributed by atoms with van der Waals surface area (Å²) in [5.41, 5.74) is 2.62. The monoisotopic (exact) mass is 233 g/mol. The minimum atomic E-state index is 0.555. The minimum absolute atomic E-state index is 0.555. The van der Waals surface area contributed by atoms with Crippen LogP contribution in [-0.4, -0.2) is 42.6 Å². The van der Waals surface area contributed by atoms with Crippen molar-refractivity contribution < 1.29 is 0 Å². The van der Waals surface area contributed by atoms with E-state index in [2.05, 4.69) is 41.6 Å². The maximum Gasteiger partial charge on any atom is 0.0556 e. The van der Waals surface area contributed by atoms with E-state index in [0.717, 1.165) is 19.6 Å². The molecule has 0 saturated carbocycles. The first-order chi connectivity index (χ1) is 8.20. The Morgan fingerprint density at radius 1 is 1.18 bits per heavy atom. The molecule has 0 bridgehead atoms. The summed E-state index contributed by atoms with van der Waals surface area (Å²) in [6.07, 6.45) is 3.98. The predicted molar refractivity (Wildman–Crippen MR) is 72.7 cm³/mol. The van der Waals surface area contributed by atoms with Crippen molar-refractivity contribution >= 4 is 5.69 Å². The standard InChI is InChI=1S/C14H23N3/c1-4-16-5-7-17(8-6-16)14-9-13(12(2)3)10-15-11-14/h9-12H,4-8H2,1-3H3. The van der Waals surface area contributed by atoms with Crippen LogP contribution in [0.5, 0.6) is 0 Å². The van der Waals surface area contributed by atoms with E-state index in [1.165, 1.54) is 24.3 Å². The summed E-state index contributed by atoms with van der Waals surface area (Å²) in [7, 11) is 0. The summed E-state index contributed by atoms with van der Waals surface area (Å²) in [5.74, 6) is 0.555. The molecule has 0 amide bonds. The fourth-order valence-electron chi connectivity index (χ4n) is 2.26. The molecule has 0 radical (unpaired) electrons. The molecule has 0 N–H and O–H groups in total. The molecule has 1 saturated heterocycles. The van der Waals surface area contributed by atoms with Crippen molar-refractivity contribution in [2.24, 2.45) is 0 Å². The summed E-state index contributed by atoms with van der Waals surface area (Å²) in [5, 5.41) is 0. The molecule has 0 atom stereocenters. The first-order valence-electron chi connectivity index (χ1n) is 6.63. The molecule has 0 unspecified atom stereocenters. The third kappa shape index (κ3) is 2.97. The lowest BCUT2D eigenvalue weighted by Crippen LogP contribution is -2.46. The van der Waals surface area contributed by atoms with Crippen LogP contribution in [0.1, 0.15) is 32.3 Å². The Kier molecular flexibility index (Phi) is 4.00. The van der Waals surface area contributed by atoms with Crippen molar-refractivity contribution in [3.05, 3.63) is 24.0 Å². The van der Waals surface area contributed by atoms with Crippen LogP contribution in [0, 0.1) is 0 Å². The van der Waals surface area contributed by atoms with Crippen LogP contribution in [0.25, 0.3) is 0 Å². The van der Waals surface area contributed by atoms with Gasteiger partial charge in [-0.05, 0) is 24.1 Å². The number of rotatable bonds is 3. The number of anilines is 1. The predicted octanol–water partition coefficient (Wildman–Crippen LogP) is 2.35. The molecule has 1 aliphatic heterocycles. The number of nitrogens with zero attached hydrogens (tertiary/aromatic N) is 3. The van der Waals surface area contributed by atoms with E-state index in [4.69, 9.17) is 0 Å². The van der Waals surface area contributed by atoms with Gasteiger partial charge in [-0.15, -0.1) is 0 Å². The molecule has 3 nitrogen and oxygen atoms in total. The number of pyridine rings is 1. The van der Waals surface area contributed by atoms with Gasteiger partial charge in [-0.25, -0.2) is 0 Å². The maximum atomic E-state index is 4.36. The normalized spacial score (nSPS) is 17.8. The second kappa shape index (κ2) is 5.50. The number of likely N-dealkylation sites (N-methyl/N-ethyl adjacent to an activating group) is 1. The lowest BCUT2D eigenvalue weighted by atomic mass is 10.1. The molecule has 1 aliphatic rings. The Hall–Kier alpha value is -1.09. The first kappa shape index (κ1) is 12.4. The lowest BCUT2D eigenvalue weighted by molar-refractivity contribution is 0.271. The number of piperazine rings is 1. The molecule has 3 heteroatoms. The van der Waals surface area contributed by atoms with Crippen molar-refractivity contribution in [2.75, 3.05) is 37.6 Å². The molecule has 17 heavy (non-hydrogen) atoms. The van der Waals surface area contributed by atoms with E-state index in [0.29, 0.717) is 5.92 Å². The summed E-state index contributed by atoms with van der Waals surface area (Å²) < 4.78 is 0. The molecular weight excluding hydrogens is 210 g/mol. The highest BCUT2D eigenvalue weighted by atomic mass is 15.3. The molecule has 0 spiro atoms. The van der Waals surface area contributed by atoms with E-state index >= 15 is 0 Å². The molecule has 94 valence electrons. The zero-order valence-electron chi connectivity index (χ0n) is 11.2. The largest absolute Gasteiger partial charge is 0.368 e. The van der Waals surface area contributed by atoms with Crippen molar-refractivity contribution in [1.82, 2.24) is 9.88 Å². The highest BCUT2D eigenvalue weighted by molar-refractivity contribution is 5.47. The second-order valence-corrected chi connectivity index (χ2v) is 5.05. The van der Waals surface area contributed by atoms with Gasteiger partial charge < -0.3 is 9.80 Å². The Morgan fingerprint density at radius 2 is 1.88 bits per heavy atom. The van der Waals surface area contributed by atoms with Crippen LogP contribution >= 0.6 is 0 Å². The number of hydrogen-bond donors (Lipinski definition) is 0. The molecule has 2 heterocycles. The van der Waals surface area contributed by atoms with Gasteiger partial charge in [-0.1, -0.05) is 20.8 Å². The minimum Gasteiger partial charge on any atom is -0.368 e. The van der Waals surface area contributed by atoms with Gasteiger partial charge in [0, 0.05) is 32.4 Å². The number of hydrogen-bond acceptors (Lipinski definition) is 3. The van der Waals surface area contributed by atoms with Gasteiger partial charge in [0.15, 0.2) is 0 Å². The van der Waals surface area contributed by atoms with Crippen LogP contribution in [-0.2, 0) is 0 Å². The van der Waals surface area contributed by atoms with E-state index < -0.39 is 0 Å². The zero-order valence-corrected chi connectivity index (χ0v) is 11.2. The van der Waals surface area contributed by atoms with E-state index in [9.17, 15) is 0 Å². The summed E-state index contributed by atoms with van der Waals surface area (Å²) >= 11 is 0. The fourth-order valence-corrected chi connectivity index (χ4v) is 2.26. The van der Waals surface area contributed by atoms with Crippen LogP contribution in [0.15, 0.2) is 18.5 Å². The first-order valence-corrected chi connectivity index (χ1v) is 6.63. The van der Waals surface area contributed by atoms with Crippen LogP contribution < -0.4 is 4.90 Å². The Bertz CT molecular complexity index is 354. The van der Waals surface area contributed by atoms with Crippen molar-refractivity contribution in [3.8, 4) is 0 Å². The van der Waals surface area contributed by atoms with Gasteiger partial charge in [-0.2, -0.15) is 0 Å². The Morgan fingerprint density at radius 3 is 2.47 bits per heavy atom. The fraction of sp³-hybridized carbons (Fsp3) is 0.643. The van der Waals surface area contributed by atoms with Gasteiger partial charge >= 0.3 is 0 Å². The second-order valence-electron chi connectivity index (χ2n) is 5.05. The molecule has 1 aromatic heterocycles. The van der Waals surface area contributed by atoms with Crippen LogP contribution in [0.2, 0.25) is 0 Å². The van der Waals surface area contributed by atoms with E-state index in [-0.39, 0.29) is 0 Å². The van der Waals surface area contributed by atoms with Gasteiger partial charge in [0.25, 0.3) is 0 Å². The van der Waals surface area contributed by atoms with Gasteiger partial charge in [0.1, 0.15) is 0 Å². The molecule has 0 aromatic carbocycles. The Balaban J connectivity index is 2.05. The summed E-state index contributed by atoms with van der Waals surface area (Å²) in [6, 6.07) is 2.29. The smallest absolute Gasteiger partial charge is 0.0556 e. The molecule has 1 fully saturated rings. The SMILES string of the molecule is CCN1CCN(c2cncc(C(C)C)c2)CC1. The number of aromatic nitrogens is 1. The molecular formula is C14H23N3. The third-order valence-corrected chi connectivity index (χ3v) is 3.60. The van der Waals surface area contributed by atoms with Gasteiger partial charge in [0.2, 0.25) is 0 Å². The van der Waals surface area contributed by atoms with Crippen LogP contribution in [0.3, 0.4) is 0 Å². The van der Waals surface area contributed by atoms with Crippen LogP contribution in [0.4, 0.5) is 5.69 Å². The highest BCUT2D eigenvalue weighted by Gasteiger charge is 2.16.